The van der Waals surface area contributed by atoms with Crippen LogP contribution in [0.2, 0.25) is 10.0 Å². The van der Waals surface area contributed by atoms with Gasteiger partial charge in [-0.15, -0.1) is 0 Å². The van der Waals surface area contributed by atoms with Crippen LogP contribution in [0, 0.1) is 0 Å². The quantitative estimate of drug-likeness (QED) is 0.552. The van der Waals surface area contributed by atoms with Crippen molar-refractivity contribution in [1.29, 1.82) is 0 Å². The van der Waals surface area contributed by atoms with Gasteiger partial charge in [-0.2, -0.15) is 0 Å². The molecule has 2 N–H and O–H groups in total. The Labute approximate surface area is 186 Å². The summed E-state index contributed by atoms with van der Waals surface area (Å²) in [5.41, 5.74) is 0.709. The maximum Gasteiger partial charge on any atom is 0.407 e. The number of rotatable bonds is 8. The second-order valence-corrected chi connectivity index (χ2v) is 8.56. The Kier molecular flexibility index (Phi) is 8.38. The van der Waals surface area contributed by atoms with Gasteiger partial charge in [0.1, 0.15) is 18.0 Å². The number of benzene rings is 2. The molecule has 2 aromatic rings. The summed E-state index contributed by atoms with van der Waals surface area (Å²) >= 11 is 12.4. The zero-order chi connectivity index (χ0) is 22.3. The average Bonchev–Trinajstić information content (AvgIpc) is 2.60. The molecule has 0 aliphatic heterocycles. The van der Waals surface area contributed by atoms with Crippen LogP contribution in [0.4, 0.5) is 4.79 Å². The number of nitrogens with one attached hydrogen (secondary N) is 1. The standard InChI is InChI=1S/C22H25Cl2NO5/c1-22(2,3)30-21(28)25-15(12-20(26)27)11-14-7-4-5-10-19(14)29-13-16-17(23)8-6-9-18(16)24/h4-10,15H,11-13H2,1-3H3,(H,25,28)(H,26,27). The van der Waals surface area contributed by atoms with Crippen molar-refractivity contribution in [2.24, 2.45) is 0 Å². The number of halogens is 2. The van der Waals surface area contributed by atoms with E-state index in [0.29, 0.717) is 21.4 Å². The average molecular weight is 454 g/mol. The van der Waals surface area contributed by atoms with E-state index in [1.807, 2.05) is 12.1 Å². The fourth-order valence-corrected chi connectivity index (χ4v) is 3.26. The normalized spacial score (nSPS) is 12.2. The zero-order valence-electron chi connectivity index (χ0n) is 17.1. The fraction of sp³-hybridized carbons (Fsp3) is 0.364. The Hall–Kier alpha value is -2.44. The monoisotopic (exact) mass is 453 g/mol. The fourth-order valence-electron chi connectivity index (χ4n) is 2.76. The van der Waals surface area contributed by atoms with Crippen molar-refractivity contribution in [3.8, 4) is 5.75 Å². The predicted molar refractivity (Wildman–Crippen MR) is 116 cm³/mol. The minimum atomic E-state index is -1.03. The number of hydrogen-bond donors (Lipinski definition) is 2. The summed E-state index contributed by atoms with van der Waals surface area (Å²) < 4.78 is 11.2. The maximum atomic E-state index is 12.1. The van der Waals surface area contributed by atoms with E-state index in [2.05, 4.69) is 5.32 Å². The lowest BCUT2D eigenvalue weighted by molar-refractivity contribution is -0.137. The summed E-state index contributed by atoms with van der Waals surface area (Å²) in [6.07, 6.45) is -0.683. The van der Waals surface area contributed by atoms with Gasteiger partial charge in [0.05, 0.1) is 6.42 Å². The molecule has 1 unspecified atom stereocenters. The van der Waals surface area contributed by atoms with E-state index in [0.717, 1.165) is 5.56 Å². The summed E-state index contributed by atoms with van der Waals surface area (Å²) in [4.78, 5) is 23.4. The SMILES string of the molecule is CC(C)(C)OC(=O)NC(CC(=O)O)Cc1ccccc1OCc1c(Cl)cccc1Cl. The molecule has 0 aromatic heterocycles. The Morgan fingerprint density at radius 3 is 2.30 bits per heavy atom. The predicted octanol–water partition coefficient (Wildman–Crippen LogP) is 5.48. The summed E-state index contributed by atoms with van der Waals surface area (Å²) in [5.74, 6) is -0.479. The molecule has 0 fully saturated rings. The van der Waals surface area contributed by atoms with Crippen molar-refractivity contribution >= 4 is 35.3 Å². The molecule has 0 saturated heterocycles. The van der Waals surface area contributed by atoms with Crippen LogP contribution in [0.5, 0.6) is 5.75 Å². The number of ether oxygens (including phenoxy) is 2. The Balaban J connectivity index is 2.14. The van der Waals surface area contributed by atoms with Crippen molar-refractivity contribution < 1.29 is 24.2 Å². The highest BCUT2D eigenvalue weighted by Crippen LogP contribution is 2.27. The highest BCUT2D eigenvalue weighted by atomic mass is 35.5. The van der Waals surface area contributed by atoms with Crippen LogP contribution in [0.3, 0.4) is 0 Å². The number of alkyl carbamates (subject to hydrolysis) is 1. The van der Waals surface area contributed by atoms with Gasteiger partial charge in [0.15, 0.2) is 0 Å². The minimum absolute atomic E-state index is 0.151. The number of hydrogen-bond acceptors (Lipinski definition) is 4. The van der Waals surface area contributed by atoms with Crippen molar-refractivity contribution in [2.45, 2.75) is 51.9 Å². The van der Waals surface area contributed by atoms with Crippen LogP contribution in [0.1, 0.15) is 38.3 Å². The third-order valence-electron chi connectivity index (χ3n) is 4.01. The van der Waals surface area contributed by atoms with Gasteiger partial charge >= 0.3 is 12.1 Å². The lowest BCUT2D eigenvalue weighted by Crippen LogP contribution is -2.41. The van der Waals surface area contributed by atoms with Crippen molar-refractivity contribution in [1.82, 2.24) is 5.32 Å². The third-order valence-corrected chi connectivity index (χ3v) is 4.72. The van der Waals surface area contributed by atoms with Gasteiger partial charge in [-0.05, 0) is 51.0 Å². The molecule has 0 heterocycles. The molecule has 2 aromatic carbocycles. The molecule has 2 rings (SSSR count). The first-order chi connectivity index (χ1) is 14.0. The highest BCUT2D eigenvalue weighted by molar-refractivity contribution is 6.35. The number of amides is 1. The topological polar surface area (TPSA) is 84.9 Å². The maximum absolute atomic E-state index is 12.1. The molecule has 1 amide bonds. The molecule has 0 aliphatic rings. The van der Waals surface area contributed by atoms with Gasteiger partial charge in [0, 0.05) is 21.7 Å². The lowest BCUT2D eigenvalue weighted by atomic mass is 10.0. The number of carbonyl (C=O) groups excluding carboxylic acids is 1. The van der Waals surface area contributed by atoms with E-state index < -0.39 is 23.7 Å². The number of aliphatic carboxylic acids is 1. The molecular weight excluding hydrogens is 429 g/mol. The molecule has 0 saturated carbocycles. The molecule has 0 spiro atoms. The first-order valence-electron chi connectivity index (χ1n) is 9.40. The summed E-state index contributed by atoms with van der Waals surface area (Å²) in [5, 5.41) is 12.9. The number of carboxylic acids is 1. The zero-order valence-corrected chi connectivity index (χ0v) is 18.6. The summed E-state index contributed by atoms with van der Waals surface area (Å²) in [6, 6.07) is 11.7. The van der Waals surface area contributed by atoms with E-state index in [1.165, 1.54) is 0 Å². The van der Waals surface area contributed by atoms with Gasteiger partial charge < -0.3 is 19.9 Å². The van der Waals surface area contributed by atoms with Crippen LogP contribution in [0.25, 0.3) is 0 Å². The van der Waals surface area contributed by atoms with Crippen LogP contribution in [0.15, 0.2) is 42.5 Å². The van der Waals surface area contributed by atoms with E-state index in [9.17, 15) is 14.7 Å². The molecule has 162 valence electrons. The number of para-hydroxylation sites is 1. The smallest absolute Gasteiger partial charge is 0.407 e. The van der Waals surface area contributed by atoms with Gasteiger partial charge in [-0.1, -0.05) is 47.5 Å². The van der Waals surface area contributed by atoms with Crippen molar-refractivity contribution in [3.05, 3.63) is 63.6 Å². The first-order valence-corrected chi connectivity index (χ1v) is 10.2. The first kappa shape index (κ1) is 23.8. The minimum Gasteiger partial charge on any atom is -0.489 e. The largest absolute Gasteiger partial charge is 0.489 e. The summed E-state index contributed by atoms with van der Waals surface area (Å²) in [6.45, 7) is 5.36. The van der Waals surface area contributed by atoms with Gasteiger partial charge in [-0.25, -0.2) is 4.79 Å². The van der Waals surface area contributed by atoms with Gasteiger partial charge in [-0.3, -0.25) is 4.79 Å². The molecule has 30 heavy (non-hydrogen) atoms. The molecule has 0 bridgehead atoms. The lowest BCUT2D eigenvalue weighted by Gasteiger charge is -2.23. The molecule has 8 heteroatoms. The summed E-state index contributed by atoms with van der Waals surface area (Å²) in [7, 11) is 0. The Bertz CT molecular complexity index is 875. The van der Waals surface area contributed by atoms with Crippen LogP contribution in [-0.2, 0) is 22.6 Å². The Morgan fingerprint density at radius 1 is 1.07 bits per heavy atom. The van der Waals surface area contributed by atoms with E-state index in [1.54, 1.807) is 51.1 Å². The van der Waals surface area contributed by atoms with Crippen LogP contribution in [-0.4, -0.2) is 28.8 Å². The number of carboxylic acid groups (broad SMARTS) is 1. The van der Waals surface area contributed by atoms with Gasteiger partial charge in [0.2, 0.25) is 0 Å². The van der Waals surface area contributed by atoms with E-state index >= 15 is 0 Å². The molecule has 6 nitrogen and oxygen atoms in total. The van der Waals surface area contributed by atoms with E-state index in [-0.39, 0.29) is 19.4 Å². The van der Waals surface area contributed by atoms with Crippen molar-refractivity contribution in [3.63, 3.8) is 0 Å². The Morgan fingerprint density at radius 2 is 1.70 bits per heavy atom. The third kappa shape index (κ3) is 7.76. The van der Waals surface area contributed by atoms with Gasteiger partial charge in [0.25, 0.3) is 0 Å². The van der Waals surface area contributed by atoms with Crippen LogP contribution >= 0.6 is 23.2 Å². The van der Waals surface area contributed by atoms with E-state index in [4.69, 9.17) is 32.7 Å². The van der Waals surface area contributed by atoms with Crippen molar-refractivity contribution in [2.75, 3.05) is 0 Å². The molecule has 0 radical (unpaired) electrons. The molecule has 0 aliphatic carbocycles. The molecule has 1 atom stereocenters. The second kappa shape index (κ2) is 10.5. The molecular formula is C22H25Cl2NO5. The van der Waals surface area contributed by atoms with Crippen LogP contribution < -0.4 is 10.1 Å². The highest BCUT2D eigenvalue weighted by Gasteiger charge is 2.22. The second-order valence-electron chi connectivity index (χ2n) is 7.74. The number of carbonyl (C=O) groups is 2.